The SMILES string of the molecule is COc1cc2c(cc1Nc1ncnc(N)c1-c1ccccn1)C=NC2. The fraction of sp³-hybridized carbons (Fsp3) is 0.111. The molecule has 0 atom stereocenters. The minimum Gasteiger partial charge on any atom is -0.495 e. The maximum Gasteiger partial charge on any atom is 0.145 e. The second-order valence-electron chi connectivity index (χ2n) is 5.54. The number of hydrogen-bond donors (Lipinski definition) is 2. The summed E-state index contributed by atoms with van der Waals surface area (Å²) in [7, 11) is 1.64. The maximum atomic E-state index is 6.08. The van der Waals surface area contributed by atoms with E-state index in [0.29, 0.717) is 35.2 Å². The zero-order chi connectivity index (χ0) is 17.2. The molecule has 0 unspecified atom stereocenters. The van der Waals surface area contributed by atoms with Crippen molar-refractivity contribution in [2.24, 2.45) is 4.99 Å². The van der Waals surface area contributed by atoms with E-state index >= 15 is 0 Å². The van der Waals surface area contributed by atoms with E-state index in [0.717, 1.165) is 16.8 Å². The smallest absolute Gasteiger partial charge is 0.145 e. The van der Waals surface area contributed by atoms with Crippen LogP contribution >= 0.6 is 0 Å². The van der Waals surface area contributed by atoms with Gasteiger partial charge in [0, 0.05) is 12.4 Å². The molecule has 3 aromatic rings. The van der Waals surface area contributed by atoms with Gasteiger partial charge in [0.1, 0.15) is 23.7 Å². The quantitative estimate of drug-likeness (QED) is 0.762. The van der Waals surface area contributed by atoms with Crippen LogP contribution in [0.4, 0.5) is 17.3 Å². The number of rotatable bonds is 4. The number of aromatic nitrogens is 3. The number of ether oxygens (including phenoxy) is 1. The largest absolute Gasteiger partial charge is 0.495 e. The summed E-state index contributed by atoms with van der Waals surface area (Å²) in [6.07, 6.45) is 4.98. The van der Waals surface area contributed by atoms with E-state index in [9.17, 15) is 0 Å². The van der Waals surface area contributed by atoms with Gasteiger partial charge in [-0.1, -0.05) is 6.07 Å². The summed E-state index contributed by atoms with van der Waals surface area (Å²) in [6.45, 7) is 0.672. The Balaban J connectivity index is 1.80. The van der Waals surface area contributed by atoms with Crippen molar-refractivity contribution in [1.29, 1.82) is 0 Å². The molecule has 1 aliphatic heterocycles. The van der Waals surface area contributed by atoms with Crippen molar-refractivity contribution >= 4 is 23.5 Å². The van der Waals surface area contributed by atoms with E-state index in [1.807, 2.05) is 36.5 Å². The zero-order valence-electron chi connectivity index (χ0n) is 13.6. The highest BCUT2D eigenvalue weighted by Gasteiger charge is 2.17. The normalized spacial score (nSPS) is 12.0. The minimum absolute atomic E-state index is 0.359. The van der Waals surface area contributed by atoms with Gasteiger partial charge in [-0.2, -0.15) is 0 Å². The molecule has 0 spiro atoms. The molecular weight excluding hydrogens is 316 g/mol. The summed E-state index contributed by atoms with van der Waals surface area (Å²) in [6, 6.07) is 9.58. The second-order valence-corrected chi connectivity index (χ2v) is 5.54. The lowest BCUT2D eigenvalue weighted by molar-refractivity contribution is 0.416. The molecule has 7 heteroatoms. The summed E-state index contributed by atoms with van der Waals surface area (Å²) >= 11 is 0. The predicted octanol–water partition coefficient (Wildman–Crippen LogP) is 2.81. The maximum absolute atomic E-state index is 6.08. The number of fused-ring (bicyclic) bond motifs is 1. The minimum atomic E-state index is 0.359. The number of nitrogens with two attached hydrogens (primary N) is 1. The van der Waals surface area contributed by atoms with Gasteiger partial charge in [-0.3, -0.25) is 9.98 Å². The molecule has 25 heavy (non-hydrogen) atoms. The number of aliphatic imine (C=N–C) groups is 1. The average Bonchev–Trinajstić information content (AvgIpc) is 3.09. The highest BCUT2D eigenvalue weighted by Crippen LogP contribution is 2.36. The van der Waals surface area contributed by atoms with Gasteiger partial charge >= 0.3 is 0 Å². The summed E-state index contributed by atoms with van der Waals surface area (Å²) in [5, 5.41) is 3.30. The zero-order valence-corrected chi connectivity index (χ0v) is 13.6. The molecule has 0 fully saturated rings. The second kappa shape index (κ2) is 6.20. The summed E-state index contributed by atoms with van der Waals surface area (Å²) in [5.41, 5.74) is 10.4. The molecule has 0 saturated carbocycles. The van der Waals surface area contributed by atoms with Gasteiger partial charge in [0.15, 0.2) is 0 Å². The Kier molecular flexibility index (Phi) is 3.74. The van der Waals surface area contributed by atoms with E-state index in [1.165, 1.54) is 6.33 Å². The molecule has 0 radical (unpaired) electrons. The molecule has 1 aromatic carbocycles. The first-order valence-corrected chi connectivity index (χ1v) is 7.76. The van der Waals surface area contributed by atoms with E-state index in [2.05, 4.69) is 25.3 Å². The van der Waals surface area contributed by atoms with Crippen LogP contribution in [0.1, 0.15) is 11.1 Å². The molecule has 7 nitrogen and oxygen atoms in total. The van der Waals surface area contributed by atoms with Crippen molar-refractivity contribution in [3.8, 4) is 17.0 Å². The van der Waals surface area contributed by atoms with Crippen LogP contribution in [0.25, 0.3) is 11.3 Å². The van der Waals surface area contributed by atoms with Crippen molar-refractivity contribution in [2.45, 2.75) is 6.54 Å². The lowest BCUT2D eigenvalue weighted by Gasteiger charge is -2.15. The molecule has 3 N–H and O–H groups in total. The standard InChI is InChI=1S/C18H16N6O/c1-25-15-7-12-9-20-8-11(12)6-14(15)24-18-16(17(19)22-10-23-18)13-4-2-3-5-21-13/h2-8,10H,9H2,1H3,(H3,19,22,23,24). The third-order valence-corrected chi connectivity index (χ3v) is 4.00. The van der Waals surface area contributed by atoms with Gasteiger partial charge in [-0.15, -0.1) is 0 Å². The molecule has 0 saturated heterocycles. The van der Waals surface area contributed by atoms with Crippen LogP contribution in [-0.2, 0) is 6.54 Å². The number of nitrogens with zero attached hydrogens (tertiary/aromatic N) is 4. The molecule has 0 bridgehead atoms. The van der Waals surface area contributed by atoms with Crippen molar-refractivity contribution in [1.82, 2.24) is 15.0 Å². The number of benzene rings is 1. The molecule has 2 aromatic heterocycles. The number of nitrogen functional groups attached to an aromatic ring is 1. The van der Waals surface area contributed by atoms with E-state index in [1.54, 1.807) is 13.3 Å². The average molecular weight is 332 g/mol. The molecule has 0 amide bonds. The number of pyridine rings is 1. The Morgan fingerprint density at radius 1 is 1.16 bits per heavy atom. The van der Waals surface area contributed by atoms with Crippen molar-refractivity contribution in [3.63, 3.8) is 0 Å². The highest BCUT2D eigenvalue weighted by atomic mass is 16.5. The Bertz CT molecular complexity index is 955. The van der Waals surface area contributed by atoms with Crippen molar-refractivity contribution in [3.05, 3.63) is 54.0 Å². The van der Waals surface area contributed by atoms with Gasteiger partial charge < -0.3 is 15.8 Å². The Labute approximate surface area is 144 Å². The van der Waals surface area contributed by atoms with Crippen LogP contribution < -0.4 is 15.8 Å². The summed E-state index contributed by atoms with van der Waals surface area (Å²) in [4.78, 5) is 17.1. The molecule has 124 valence electrons. The van der Waals surface area contributed by atoms with Crippen LogP contribution in [0.5, 0.6) is 5.75 Å². The van der Waals surface area contributed by atoms with E-state index < -0.39 is 0 Å². The lowest BCUT2D eigenvalue weighted by atomic mass is 10.1. The van der Waals surface area contributed by atoms with Crippen molar-refractivity contribution in [2.75, 3.05) is 18.2 Å². The first-order chi connectivity index (χ1) is 12.3. The lowest BCUT2D eigenvalue weighted by Crippen LogP contribution is -2.04. The van der Waals surface area contributed by atoms with Gasteiger partial charge in [0.05, 0.1) is 30.6 Å². The topological polar surface area (TPSA) is 98.3 Å². The fourth-order valence-corrected chi connectivity index (χ4v) is 2.79. The molecule has 1 aliphatic rings. The van der Waals surface area contributed by atoms with E-state index in [-0.39, 0.29) is 0 Å². The third-order valence-electron chi connectivity index (χ3n) is 4.00. The fourth-order valence-electron chi connectivity index (χ4n) is 2.79. The number of anilines is 3. The number of nitrogens with one attached hydrogen (secondary N) is 1. The third kappa shape index (κ3) is 2.76. The first-order valence-electron chi connectivity index (χ1n) is 7.76. The molecule has 4 rings (SSSR count). The van der Waals surface area contributed by atoms with Crippen molar-refractivity contribution < 1.29 is 4.74 Å². The van der Waals surface area contributed by atoms with Crippen LogP contribution in [0.2, 0.25) is 0 Å². The predicted molar refractivity (Wildman–Crippen MR) is 97.3 cm³/mol. The summed E-state index contributed by atoms with van der Waals surface area (Å²) < 4.78 is 5.51. The number of hydrogen-bond acceptors (Lipinski definition) is 7. The first kappa shape index (κ1) is 15.1. The van der Waals surface area contributed by atoms with Gasteiger partial charge in [0.25, 0.3) is 0 Å². The van der Waals surface area contributed by atoms with Crippen LogP contribution in [0.3, 0.4) is 0 Å². The highest BCUT2D eigenvalue weighted by molar-refractivity contribution is 5.89. The van der Waals surface area contributed by atoms with Crippen LogP contribution in [0.15, 0.2) is 47.8 Å². The Morgan fingerprint density at radius 2 is 2.08 bits per heavy atom. The van der Waals surface area contributed by atoms with E-state index in [4.69, 9.17) is 10.5 Å². The molecular formula is C18H16N6O. The van der Waals surface area contributed by atoms with Crippen LogP contribution in [-0.4, -0.2) is 28.3 Å². The van der Waals surface area contributed by atoms with Gasteiger partial charge in [0.2, 0.25) is 0 Å². The molecule has 3 heterocycles. The van der Waals surface area contributed by atoms with Gasteiger partial charge in [-0.25, -0.2) is 9.97 Å². The summed E-state index contributed by atoms with van der Waals surface area (Å²) in [5.74, 6) is 1.64. The number of methoxy groups -OCH3 is 1. The monoisotopic (exact) mass is 332 g/mol. The van der Waals surface area contributed by atoms with Gasteiger partial charge in [-0.05, 0) is 35.4 Å². The molecule has 0 aliphatic carbocycles. The Hall–Kier alpha value is -3.48. The Morgan fingerprint density at radius 3 is 2.88 bits per heavy atom. The van der Waals surface area contributed by atoms with Crippen LogP contribution in [0, 0.1) is 0 Å².